The van der Waals surface area contributed by atoms with Gasteiger partial charge in [-0.3, -0.25) is 15.0 Å². The van der Waals surface area contributed by atoms with Crippen LogP contribution in [0.15, 0.2) is 0 Å². The average Bonchev–Trinajstić information content (AvgIpc) is 2.36. The van der Waals surface area contributed by atoms with Gasteiger partial charge in [0.1, 0.15) is 0 Å². The number of hydrazine groups is 1. The summed E-state index contributed by atoms with van der Waals surface area (Å²) < 4.78 is 0. The summed E-state index contributed by atoms with van der Waals surface area (Å²) in [6.45, 7) is 6.30. The predicted octanol–water partition coefficient (Wildman–Crippen LogP) is -0.397. The van der Waals surface area contributed by atoms with Crippen LogP contribution in [0.1, 0.15) is 33.1 Å². The molecule has 0 aromatic heterocycles. The maximum Gasteiger partial charge on any atom is 0.235 e. The number of nitrogens with zero attached hydrogens (tertiary/aromatic N) is 1. The molecule has 4 N–H and O–H groups in total. The minimum absolute atomic E-state index is 0.0328. The molecule has 0 spiro atoms. The van der Waals surface area contributed by atoms with Gasteiger partial charge in [-0.1, -0.05) is 0 Å². The highest BCUT2D eigenvalue weighted by Gasteiger charge is 2.23. The standard InChI is InChI=1S/C12H24N4O2/c1-9(7-12(18)15-13)16-5-3-11(4-6-16)8-14-10(2)17/h9,11H,3-8,13H2,1-2H3,(H,14,17)(H,15,18). The Balaban J connectivity index is 2.25. The van der Waals surface area contributed by atoms with E-state index >= 15 is 0 Å². The number of carbonyl (C=O) groups is 2. The lowest BCUT2D eigenvalue weighted by molar-refractivity contribution is -0.122. The van der Waals surface area contributed by atoms with Crippen molar-refractivity contribution in [2.75, 3.05) is 19.6 Å². The Kier molecular flexibility index (Phi) is 6.07. The van der Waals surface area contributed by atoms with Gasteiger partial charge < -0.3 is 10.2 Å². The molecule has 104 valence electrons. The fourth-order valence-electron chi connectivity index (χ4n) is 2.34. The van der Waals surface area contributed by atoms with Crippen molar-refractivity contribution >= 4 is 11.8 Å². The maximum absolute atomic E-state index is 11.2. The molecule has 1 heterocycles. The number of hydrogen-bond acceptors (Lipinski definition) is 4. The predicted molar refractivity (Wildman–Crippen MR) is 69.4 cm³/mol. The number of piperidine rings is 1. The lowest BCUT2D eigenvalue weighted by Gasteiger charge is -2.35. The summed E-state index contributed by atoms with van der Waals surface area (Å²) >= 11 is 0. The second kappa shape index (κ2) is 7.33. The molecule has 1 unspecified atom stereocenters. The van der Waals surface area contributed by atoms with E-state index in [9.17, 15) is 9.59 Å². The van der Waals surface area contributed by atoms with Crippen LogP contribution < -0.4 is 16.6 Å². The van der Waals surface area contributed by atoms with E-state index in [1.807, 2.05) is 6.92 Å². The second-order valence-corrected chi connectivity index (χ2v) is 5.04. The molecule has 0 aromatic rings. The van der Waals surface area contributed by atoms with Crippen molar-refractivity contribution in [3.05, 3.63) is 0 Å². The van der Waals surface area contributed by atoms with Crippen molar-refractivity contribution in [2.45, 2.75) is 39.2 Å². The van der Waals surface area contributed by atoms with Gasteiger partial charge in [0, 0.05) is 25.9 Å². The first-order valence-electron chi connectivity index (χ1n) is 6.51. The van der Waals surface area contributed by atoms with E-state index in [2.05, 4.69) is 15.6 Å². The zero-order valence-corrected chi connectivity index (χ0v) is 11.2. The normalized spacial score (nSPS) is 19.3. The summed E-state index contributed by atoms with van der Waals surface area (Å²) in [6.07, 6.45) is 2.57. The molecule has 1 rings (SSSR count). The molecule has 1 atom stereocenters. The van der Waals surface area contributed by atoms with Gasteiger partial charge in [-0.2, -0.15) is 0 Å². The smallest absolute Gasteiger partial charge is 0.235 e. The first-order valence-corrected chi connectivity index (χ1v) is 6.51. The van der Waals surface area contributed by atoms with Crippen molar-refractivity contribution in [1.82, 2.24) is 15.6 Å². The molecular formula is C12H24N4O2. The van der Waals surface area contributed by atoms with E-state index in [-0.39, 0.29) is 17.9 Å². The Labute approximate surface area is 108 Å². The molecule has 6 nitrogen and oxygen atoms in total. The lowest BCUT2D eigenvalue weighted by Crippen LogP contribution is -2.44. The number of likely N-dealkylation sites (tertiary alicyclic amines) is 1. The summed E-state index contributed by atoms with van der Waals surface area (Å²) in [7, 11) is 0. The van der Waals surface area contributed by atoms with E-state index in [0.717, 1.165) is 32.5 Å². The van der Waals surface area contributed by atoms with Gasteiger partial charge in [0.2, 0.25) is 11.8 Å². The molecule has 6 heteroatoms. The van der Waals surface area contributed by atoms with Crippen molar-refractivity contribution in [1.29, 1.82) is 0 Å². The van der Waals surface area contributed by atoms with Crippen molar-refractivity contribution in [3.63, 3.8) is 0 Å². The van der Waals surface area contributed by atoms with Gasteiger partial charge in [-0.05, 0) is 38.8 Å². The van der Waals surface area contributed by atoms with Crippen LogP contribution in [0.3, 0.4) is 0 Å². The first kappa shape index (κ1) is 14.9. The third kappa shape index (κ3) is 5.01. The van der Waals surface area contributed by atoms with Crippen LogP contribution in [0.2, 0.25) is 0 Å². The Bertz CT molecular complexity index is 288. The maximum atomic E-state index is 11.2. The van der Waals surface area contributed by atoms with Crippen molar-refractivity contribution in [2.24, 2.45) is 11.8 Å². The Hall–Kier alpha value is -1.14. The van der Waals surface area contributed by atoms with E-state index in [0.29, 0.717) is 12.3 Å². The molecule has 1 aliphatic rings. The third-order valence-electron chi connectivity index (χ3n) is 3.55. The Morgan fingerprint density at radius 2 is 2.00 bits per heavy atom. The highest BCUT2D eigenvalue weighted by atomic mass is 16.2. The third-order valence-corrected chi connectivity index (χ3v) is 3.55. The van der Waals surface area contributed by atoms with Crippen LogP contribution in [-0.4, -0.2) is 42.4 Å². The number of nitrogens with two attached hydrogens (primary N) is 1. The monoisotopic (exact) mass is 256 g/mol. The minimum Gasteiger partial charge on any atom is -0.356 e. The van der Waals surface area contributed by atoms with Gasteiger partial charge in [-0.25, -0.2) is 5.84 Å². The van der Waals surface area contributed by atoms with Gasteiger partial charge in [0.25, 0.3) is 0 Å². The Morgan fingerprint density at radius 1 is 1.39 bits per heavy atom. The molecular weight excluding hydrogens is 232 g/mol. The summed E-state index contributed by atoms with van der Waals surface area (Å²) in [5.74, 6) is 5.55. The molecule has 0 bridgehead atoms. The largest absolute Gasteiger partial charge is 0.356 e. The van der Waals surface area contributed by atoms with Gasteiger partial charge in [0.15, 0.2) is 0 Å². The topological polar surface area (TPSA) is 87.5 Å². The summed E-state index contributed by atoms with van der Waals surface area (Å²) in [6, 6.07) is 0.218. The van der Waals surface area contributed by atoms with Gasteiger partial charge in [0.05, 0.1) is 0 Å². The van der Waals surface area contributed by atoms with E-state index < -0.39 is 0 Å². The molecule has 2 amide bonds. The number of nitrogens with one attached hydrogen (secondary N) is 2. The summed E-state index contributed by atoms with van der Waals surface area (Å²) in [5.41, 5.74) is 2.16. The minimum atomic E-state index is -0.122. The molecule has 0 aliphatic carbocycles. The van der Waals surface area contributed by atoms with Crippen LogP contribution in [-0.2, 0) is 9.59 Å². The lowest BCUT2D eigenvalue weighted by atomic mass is 9.95. The zero-order chi connectivity index (χ0) is 13.5. The molecule has 1 fully saturated rings. The average molecular weight is 256 g/mol. The zero-order valence-electron chi connectivity index (χ0n) is 11.2. The SMILES string of the molecule is CC(=O)NCC1CCN(C(C)CC(=O)NN)CC1. The summed E-state index contributed by atoms with van der Waals surface area (Å²) in [4.78, 5) is 24.3. The number of rotatable bonds is 5. The van der Waals surface area contributed by atoms with E-state index in [4.69, 9.17) is 5.84 Å². The molecule has 18 heavy (non-hydrogen) atoms. The highest BCUT2D eigenvalue weighted by Crippen LogP contribution is 2.19. The number of amides is 2. The summed E-state index contributed by atoms with van der Waals surface area (Å²) in [5, 5.41) is 2.86. The molecule has 0 aromatic carbocycles. The molecule has 1 aliphatic heterocycles. The van der Waals surface area contributed by atoms with Gasteiger partial charge >= 0.3 is 0 Å². The van der Waals surface area contributed by atoms with E-state index in [1.54, 1.807) is 6.92 Å². The van der Waals surface area contributed by atoms with Crippen LogP contribution in [0.5, 0.6) is 0 Å². The van der Waals surface area contributed by atoms with Crippen LogP contribution in [0.25, 0.3) is 0 Å². The second-order valence-electron chi connectivity index (χ2n) is 5.04. The van der Waals surface area contributed by atoms with Crippen molar-refractivity contribution < 1.29 is 9.59 Å². The fraction of sp³-hybridized carbons (Fsp3) is 0.833. The first-order chi connectivity index (χ1) is 8.52. The highest BCUT2D eigenvalue weighted by molar-refractivity contribution is 5.75. The Morgan fingerprint density at radius 3 is 2.50 bits per heavy atom. The number of carbonyl (C=O) groups excluding carboxylic acids is 2. The molecule has 1 saturated heterocycles. The molecule has 0 radical (unpaired) electrons. The van der Waals surface area contributed by atoms with Crippen LogP contribution >= 0.6 is 0 Å². The van der Waals surface area contributed by atoms with E-state index in [1.165, 1.54) is 0 Å². The number of hydrogen-bond donors (Lipinski definition) is 3. The fourth-order valence-corrected chi connectivity index (χ4v) is 2.34. The molecule has 0 saturated carbocycles. The quantitative estimate of drug-likeness (QED) is 0.355. The van der Waals surface area contributed by atoms with Crippen molar-refractivity contribution in [3.8, 4) is 0 Å². The van der Waals surface area contributed by atoms with Crippen LogP contribution in [0, 0.1) is 5.92 Å². The van der Waals surface area contributed by atoms with Crippen LogP contribution in [0.4, 0.5) is 0 Å². The van der Waals surface area contributed by atoms with Gasteiger partial charge in [-0.15, -0.1) is 0 Å².